The van der Waals surface area contributed by atoms with Gasteiger partial charge in [-0.3, -0.25) is 0 Å². The van der Waals surface area contributed by atoms with Crippen LogP contribution in [-0.2, 0) is 14.8 Å². The lowest BCUT2D eigenvalue weighted by atomic mass is 9.94. The first-order valence-corrected chi connectivity index (χ1v) is 9.48. The van der Waals surface area contributed by atoms with Crippen LogP contribution in [0.3, 0.4) is 0 Å². The van der Waals surface area contributed by atoms with E-state index in [4.69, 9.17) is 10.5 Å². The summed E-state index contributed by atoms with van der Waals surface area (Å²) in [4.78, 5) is 0. The van der Waals surface area contributed by atoms with Gasteiger partial charge in [-0.15, -0.1) is 0 Å². The second-order valence-electron chi connectivity index (χ2n) is 6.11. The first-order valence-electron chi connectivity index (χ1n) is 7.93. The molecule has 3 N–H and O–H groups in total. The van der Waals surface area contributed by atoms with Crippen LogP contribution in [0.25, 0.3) is 0 Å². The number of sulfonamides is 1. The Morgan fingerprint density at radius 3 is 2.35 bits per heavy atom. The van der Waals surface area contributed by atoms with Gasteiger partial charge < -0.3 is 10.5 Å². The molecule has 5 nitrogen and oxygen atoms in total. The molecule has 0 saturated heterocycles. The van der Waals surface area contributed by atoms with Crippen LogP contribution >= 0.6 is 0 Å². The van der Waals surface area contributed by atoms with Crippen molar-refractivity contribution >= 4 is 10.0 Å². The Labute approximate surface area is 122 Å². The van der Waals surface area contributed by atoms with Crippen LogP contribution in [0.5, 0.6) is 0 Å². The van der Waals surface area contributed by atoms with Gasteiger partial charge in [-0.05, 0) is 44.9 Å². The predicted octanol–water partition coefficient (Wildman–Crippen LogP) is 1.52. The monoisotopic (exact) mass is 304 g/mol. The zero-order chi connectivity index (χ0) is 14.4. The van der Waals surface area contributed by atoms with E-state index < -0.39 is 10.0 Å². The van der Waals surface area contributed by atoms with Gasteiger partial charge in [0.2, 0.25) is 10.0 Å². The lowest BCUT2D eigenvalue weighted by Crippen LogP contribution is -2.34. The van der Waals surface area contributed by atoms with Crippen LogP contribution in [0.1, 0.15) is 57.8 Å². The molecule has 0 unspecified atom stereocenters. The molecule has 0 aromatic carbocycles. The van der Waals surface area contributed by atoms with Crippen molar-refractivity contribution in [1.82, 2.24) is 4.72 Å². The maximum absolute atomic E-state index is 12.0. The maximum atomic E-state index is 12.0. The summed E-state index contributed by atoms with van der Waals surface area (Å²) in [5.41, 5.74) is 5.85. The molecule has 2 fully saturated rings. The zero-order valence-electron chi connectivity index (χ0n) is 12.2. The van der Waals surface area contributed by atoms with E-state index in [2.05, 4.69) is 4.72 Å². The minimum atomic E-state index is -3.09. The molecule has 0 aromatic rings. The molecular weight excluding hydrogens is 276 g/mol. The third-order valence-electron chi connectivity index (χ3n) is 4.44. The van der Waals surface area contributed by atoms with Crippen molar-refractivity contribution in [2.24, 2.45) is 5.73 Å². The average Bonchev–Trinajstić information content (AvgIpc) is 2.95. The predicted molar refractivity (Wildman–Crippen MR) is 80.0 cm³/mol. The largest absolute Gasteiger partial charge is 0.378 e. The quantitative estimate of drug-likeness (QED) is 0.699. The van der Waals surface area contributed by atoms with Crippen LogP contribution in [0, 0.1) is 0 Å². The number of rotatable bonds is 7. The minimum Gasteiger partial charge on any atom is -0.378 e. The third-order valence-corrected chi connectivity index (χ3v) is 6.39. The summed E-state index contributed by atoms with van der Waals surface area (Å²) in [6.07, 6.45) is 8.93. The number of nitrogens with one attached hydrogen (secondary N) is 1. The molecule has 2 rings (SSSR count). The molecular formula is C14H28N2O3S. The second-order valence-corrected chi connectivity index (χ2v) is 8.15. The summed E-state index contributed by atoms with van der Waals surface area (Å²) >= 11 is 0. The van der Waals surface area contributed by atoms with Crippen molar-refractivity contribution < 1.29 is 13.2 Å². The van der Waals surface area contributed by atoms with Gasteiger partial charge in [0.15, 0.2) is 0 Å². The van der Waals surface area contributed by atoms with Crippen molar-refractivity contribution in [3.8, 4) is 0 Å². The van der Waals surface area contributed by atoms with E-state index in [1.54, 1.807) is 0 Å². The highest BCUT2D eigenvalue weighted by atomic mass is 32.2. The van der Waals surface area contributed by atoms with Crippen LogP contribution in [0.4, 0.5) is 0 Å². The number of hydrogen-bond donors (Lipinski definition) is 2. The highest BCUT2D eigenvalue weighted by molar-refractivity contribution is 7.90. The van der Waals surface area contributed by atoms with E-state index in [0.29, 0.717) is 25.3 Å². The molecule has 0 radical (unpaired) electrons. The van der Waals surface area contributed by atoms with E-state index in [-0.39, 0.29) is 5.25 Å². The smallest absolute Gasteiger partial charge is 0.214 e. The average molecular weight is 304 g/mol. The standard InChI is InChI=1S/C14H28N2O3S/c15-12-6-8-13(9-7-12)19-11-3-10-16-20(17,18)14-4-1-2-5-14/h12-14,16H,1-11,15H2. The fourth-order valence-corrected chi connectivity index (χ4v) is 4.73. The van der Waals surface area contributed by atoms with Crippen LogP contribution in [0.2, 0.25) is 0 Å². The molecule has 0 amide bonds. The third kappa shape index (κ3) is 4.98. The summed E-state index contributed by atoms with van der Waals surface area (Å²) in [7, 11) is -3.09. The molecule has 2 aliphatic rings. The Kier molecular flexibility index (Phi) is 6.26. The highest BCUT2D eigenvalue weighted by Gasteiger charge is 2.28. The van der Waals surface area contributed by atoms with Crippen molar-refractivity contribution in [2.45, 2.75) is 75.2 Å². The first kappa shape index (κ1) is 16.2. The van der Waals surface area contributed by atoms with E-state index in [0.717, 1.165) is 57.8 Å². The Hall–Kier alpha value is -0.170. The Balaban J connectivity index is 1.55. The number of ether oxygens (including phenoxy) is 1. The summed E-state index contributed by atoms with van der Waals surface area (Å²) < 4.78 is 32.4. The van der Waals surface area contributed by atoms with E-state index in [1.807, 2.05) is 0 Å². The van der Waals surface area contributed by atoms with Crippen molar-refractivity contribution in [3.63, 3.8) is 0 Å². The van der Waals surface area contributed by atoms with E-state index in [9.17, 15) is 8.42 Å². The molecule has 0 spiro atoms. The summed E-state index contributed by atoms with van der Waals surface area (Å²) in [6, 6.07) is 0.341. The van der Waals surface area contributed by atoms with Gasteiger partial charge in [-0.1, -0.05) is 12.8 Å². The first-order chi connectivity index (χ1) is 9.58. The van der Waals surface area contributed by atoms with Gasteiger partial charge in [0.1, 0.15) is 0 Å². The zero-order valence-corrected chi connectivity index (χ0v) is 13.0. The molecule has 2 aliphatic carbocycles. The molecule has 0 bridgehead atoms. The fraction of sp³-hybridized carbons (Fsp3) is 1.00. The van der Waals surface area contributed by atoms with Crippen LogP contribution < -0.4 is 10.5 Å². The Morgan fingerprint density at radius 2 is 1.70 bits per heavy atom. The molecule has 0 aliphatic heterocycles. The molecule has 0 atom stereocenters. The summed E-state index contributed by atoms with van der Waals surface area (Å²) in [5.74, 6) is 0. The SMILES string of the molecule is NC1CCC(OCCCNS(=O)(=O)C2CCCC2)CC1. The fourth-order valence-electron chi connectivity index (χ4n) is 3.11. The number of nitrogens with two attached hydrogens (primary N) is 1. The summed E-state index contributed by atoms with van der Waals surface area (Å²) in [6.45, 7) is 1.12. The maximum Gasteiger partial charge on any atom is 0.214 e. The molecule has 6 heteroatoms. The topological polar surface area (TPSA) is 81.4 Å². The van der Waals surface area contributed by atoms with E-state index in [1.165, 1.54) is 0 Å². The highest BCUT2D eigenvalue weighted by Crippen LogP contribution is 2.24. The van der Waals surface area contributed by atoms with Gasteiger partial charge in [-0.25, -0.2) is 13.1 Å². The van der Waals surface area contributed by atoms with E-state index >= 15 is 0 Å². The van der Waals surface area contributed by atoms with Gasteiger partial charge in [0.05, 0.1) is 11.4 Å². The molecule has 0 aromatic heterocycles. The van der Waals surface area contributed by atoms with Crippen LogP contribution in [-0.4, -0.2) is 39.0 Å². The molecule has 0 heterocycles. The van der Waals surface area contributed by atoms with Crippen molar-refractivity contribution in [1.29, 1.82) is 0 Å². The van der Waals surface area contributed by atoms with Crippen molar-refractivity contribution in [3.05, 3.63) is 0 Å². The molecule has 20 heavy (non-hydrogen) atoms. The minimum absolute atomic E-state index is 0.164. The van der Waals surface area contributed by atoms with Gasteiger partial charge in [-0.2, -0.15) is 0 Å². The normalized spacial score (nSPS) is 28.9. The summed E-state index contributed by atoms with van der Waals surface area (Å²) in [5, 5.41) is -0.164. The Morgan fingerprint density at radius 1 is 1.05 bits per heavy atom. The van der Waals surface area contributed by atoms with Gasteiger partial charge in [0.25, 0.3) is 0 Å². The van der Waals surface area contributed by atoms with Gasteiger partial charge >= 0.3 is 0 Å². The van der Waals surface area contributed by atoms with Gasteiger partial charge in [0, 0.05) is 19.2 Å². The second kappa shape index (κ2) is 7.73. The number of hydrogen-bond acceptors (Lipinski definition) is 4. The molecule has 2 saturated carbocycles. The molecule has 118 valence electrons. The lowest BCUT2D eigenvalue weighted by molar-refractivity contribution is 0.0245. The lowest BCUT2D eigenvalue weighted by Gasteiger charge is -2.26. The Bertz CT molecular complexity index is 372. The van der Waals surface area contributed by atoms with Crippen molar-refractivity contribution in [2.75, 3.05) is 13.2 Å². The van der Waals surface area contributed by atoms with Crippen LogP contribution in [0.15, 0.2) is 0 Å².